The lowest BCUT2D eigenvalue weighted by molar-refractivity contribution is 0.770. The molecule has 1 heterocycles. The van der Waals surface area contributed by atoms with E-state index in [-0.39, 0.29) is 0 Å². The van der Waals surface area contributed by atoms with Crippen LogP contribution >= 0.6 is 0 Å². The fourth-order valence-corrected chi connectivity index (χ4v) is 3.25. The molecule has 1 aromatic heterocycles. The van der Waals surface area contributed by atoms with Crippen molar-refractivity contribution in [1.29, 1.82) is 0 Å². The van der Waals surface area contributed by atoms with Gasteiger partial charge in [-0.2, -0.15) is 0 Å². The molecule has 0 aliphatic heterocycles. The molecule has 1 N–H and O–H groups in total. The van der Waals surface area contributed by atoms with Crippen LogP contribution in [0.5, 0.6) is 0 Å². The lowest BCUT2D eigenvalue weighted by Crippen LogP contribution is -2.12. The van der Waals surface area contributed by atoms with E-state index < -0.39 is 0 Å². The van der Waals surface area contributed by atoms with E-state index in [1.165, 1.54) is 5.56 Å². The van der Waals surface area contributed by atoms with Crippen LogP contribution < -0.4 is 5.32 Å². The number of hydrogen-bond donors (Lipinski definition) is 1. The molecule has 0 radical (unpaired) electrons. The van der Waals surface area contributed by atoms with Gasteiger partial charge in [0, 0.05) is 23.2 Å². The van der Waals surface area contributed by atoms with E-state index in [4.69, 9.17) is 6.42 Å². The number of hydrogen-bond acceptors (Lipinski definition) is 3. The molecule has 0 aliphatic rings. The van der Waals surface area contributed by atoms with Crippen LogP contribution in [0.4, 0.5) is 0 Å². The molecular weight excluding hydrogens is 354 g/mol. The topological polar surface area (TPSA) is 37.8 Å². The largest absolute Gasteiger partial charge is 0.302 e. The van der Waals surface area contributed by atoms with E-state index in [0.29, 0.717) is 6.54 Å². The average molecular weight is 375 g/mol. The molecule has 0 spiro atoms. The van der Waals surface area contributed by atoms with Gasteiger partial charge in [-0.25, -0.2) is 0 Å². The molecule has 0 fully saturated rings. The molecule has 29 heavy (non-hydrogen) atoms. The molecule has 0 amide bonds. The maximum Gasteiger partial charge on any atom is 0.101 e. The van der Waals surface area contributed by atoms with E-state index in [1.807, 2.05) is 36.4 Å². The molecular formula is C26H21N3. The van der Waals surface area contributed by atoms with Gasteiger partial charge in [0.05, 0.1) is 12.2 Å². The predicted octanol–water partition coefficient (Wildman–Crippen LogP) is 5.20. The lowest BCUT2D eigenvalue weighted by Gasteiger charge is -2.12. The Balaban J connectivity index is 1.76. The van der Waals surface area contributed by atoms with Gasteiger partial charge in [0.15, 0.2) is 0 Å². The van der Waals surface area contributed by atoms with Gasteiger partial charge in [-0.3, -0.25) is 0 Å². The third-order valence-corrected chi connectivity index (χ3v) is 4.73. The Morgan fingerprint density at radius 3 is 2.03 bits per heavy atom. The highest BCUT2D eigenvalue weighted by atomic mass is 15.1. The SMILES string of the molecule is C#CCNCc1ccc(-c2cc(-c3ccccc3)nnc2-c2ccccc2)cc1. The van der Waals surface area contributed by atoms with Crippen molar-refractivity contribution < 1.29 is 0 Å². The third-order valence-electron chi connectivity index (χ3n) is 4.73. The van der Waals surface area contributed by atoms with Crippen molar-refractivity contribution in [1.82, 2.24) is 15.5 Å². The fourth-order valence-electron chi connectivity index (χ4n) is 3.25. The Bertz CT molecular complexity index is 1110. The first-order valence-corrected chi connectivity index (χ1v) is 9.57. The monoisotopic (exact) mass is 375 g/mol. The van der Waals surface area contributed by atoms with Crippen molar-refractivity contribution in [3.05, 3.63) is 96.6 Å². The zero-order valence-electron chi connectivity index (χ0n) is 16.0. The number of benzene rings is 3. The number of aromatic nitrogens is 2. The van der Waals surface area contributed by atoms with Gasteiger partial charge in [-0.05, 0) is 17.2 Å². The molecule has 0 atom stereocenters. The van der Waals surface area contributed by atoms with Gasteiger partial charge in [-0.15, -0.1) is 16.6 Å². The smallest absolute Gasteiger partial charge is 0.101 e. The molecule has 140 valence electrons. The second kappa shape index (κ2) is 8.97. The first-order chi connectivity index (χ1) is 14.3. The highest BCUT2D eigenvalue weighted by molar-refractivity contribution is 5.83. The maximum atomic E-state index is 5.30. The van der Waals surface area contributed by atoms with Crippen molar-refractivity contribution in [3.8, 4) is 46.0 Å². The molecule has 0 unspecified atom stereocenters. The van der Waals surface area contributed by atoms with Gasteiger partial charge >= 0.3 is 0 Å². The Kier molecular flexibility index (Phi) is 5.76. The van der Waals surface area contributed by atoms with Crippen LogP contribution in [-0.4, -0.2) is 16.7 Å². The number of terminal acetylenes is 1. The summed E-state index contributed by atoms with van der Waals surface area (Å²) < 4.78 is 0. The van der Waals surface area contributed by atoms with Crippen LogP contribution in [-0.2, 0) is 6.54 Å². The van der Waals surface area contributed by atoms with Crippen LogP contribution in [0.1, 0.15) is 5.56 Å². The summed E-state index contributed by atoms with van der Waals surface area (Å²) in [6.45, 7) is 1.31. The van der Waals surface area contributed by atoms with E-state index >= 15 is 0 Å². The second-order valence-corrected chi connectivity index (χ2v) is 6.73. The Labute approximate surface area is 171 Å². The van der Waals surface area contributed by atoms with Gasteiger partial charge in [0.25, 0.3) is 0 Å². The summed E-state index contributed by atoms with van der Waals surface area (Å²) in [4.78, 5) is 0. The molecule has 3 heteroatoms. The van der Waals surface area contributed by atoms with Gasteiger partial charge in [0.2, 0.25) is 0 Å². The second-order valence-electron chi connectivity index (χ2n) is 6.73. The minimum absolute atomic E-state index is 0.564. The molecule has 0 saturated heterocycles. The van der Waals surface area contributed by atoms with Crippen molar-refractivity contribution >= 4 is 0 Å². The normalized spacial score (nSPS) is 10.4. The van der Waals surface area contributed by atoms with Crippen LogP contribution in [0.15, 0.2) is 91.0 Å². The summed E-state index contributed by atoms with van der Waals surface area (Å²) in [7, 11) is 0. The standard InChI is InChI=1S/C26H21N3/c1-2-17-27-19-20-13-15-21(16-14-20)24-18-25(22-9-5-3-6-10-22)28-29-26(24)23-11-7-4-8-12-23/h1,3-16,18,27H,17,19H2. The zero-order valence-corrected chi connectivity index (χ0v) is 16.0. The lowest BCUT2D eigenvalue weighted by atomic mass is 9.97. The summed E-state index contributed by atoms with van der Waals surface area (Å²) in [5.41, 5.74) is 7.20. The molecule has 0 saturated carbocycles. The van der Waals surface area contributed by atoms with Gasteiger partial charge < -0.3 is 5.32 Å². The zero-order chi connectivity index (χ0) is 19.9. The molecule has 4 aromatic rings. The van der Waals surface area contributed by atoms with E-state index in [1.54, 1.807) is 0 Å². The summed E-state index contributed by atoms with van der Waals surface area (Å²) in [6.07, 6.45) is 5.30. The summed E-state index contributed by atoms with van der Waals surface area (Å²) in [6, 6.07) is 30.9. The first-order valence-electron chi connectivity index (χ1n) is 9.57. The molecule has 3 nitrogen and oxygen atoms in total. The van der Waals surface area contributed by atoms with E-state index in [2.05, 4.69) is 76.0 Å². The van der Waals surface area contributed by atoms with Crippen LogP contribution in [0.2, 0.25) is 0 Å². The van der Waals surface area contributed by atoms with E-state index in [9.17, 15) is 0 Å². The molecule has 3 aromatic carbocycles. The van der Waals surface area contributed by atoms with Gasteiger partial charge in [0.1, 0.15) is 5.69 Å². The Morgan fingerprint density at radius 1 is 0.724 bits per heavy atom. The van der Waals surface area contributed by atoms with Crippen LogP contribution in [0, 0.1) is 12.3 Å². The third kappa shape index (κ3) is 4.40. The number of nitrogens with zero attached hydrogens (tertiary/aromatic N) is 2. The number of rotatable bonds is 6. The Hall–Kier alpha value is -3.74. The van der Waals surface area contributed by atoms with Crippen molar-refractivity contribution in [2.24, 2.45) is 0 Å². The van der Waals surface area contributed by atoms with Crippen molar-refractivity contribution in [2.75, 3.05) is 6.54 Å². The molecule has 0 bridgehead atoms. The van der Waals surface area contributed by atoms with Crippen LogP contribution in [0.25, 0.3) is 33.6 Å². The van der Waals surface area contributed by atoms with Crippen molar-refractivity contribution in [3.63, 3.8) is 0 Å². The predicted molar refractivity (Wildman–Crippen MR) is 119 cm³/mol. The average Bonchev–Trinajstić information content (AvgIpc) is 2.80. The maximum absolute atomic E-state index is 5.30. The van der Waals surface area contributed by atoms with E-state index in [0.717, 1.165) is 40.2 Å². The minimum Gasteiger partial charge on any atom is -0.302 e. The van der Waals surface area contributed by atoms with Crippen molar-refractivity contribution in [2.45, 2.75) is 6.54 Å². The highest BCUT2D eigenvalue weighted by Gasteiger charge is 2.12. The summed E-state index contributed by atoms with van der Waals surface area (Å²) in [5, 5.41) is 12.3. The summed E-state index contributed by atoms with van der Waals surface area (Å²) in [5.74, 6) is 2.60. The molecule has 0 aliphatic carbocycles. The highest BCUT2D eigenvalue weighted by Crippen LogP contribution is 2.32. The summed E-state index contributed by atoms with van der Waals surface area (Å²) >= 11 is 0. The van der Waals surface area contributed by atoms with Crippen LogP contribution in [0.3, 0.4) is 0 Å². The van der Waals surface area contributed by atoms with Gasteiger partial charge in [-0.1, -0.05) is 90.8 Å². The minimum atomic E-state index is 0.564. The fraction of sp³-hybridized carbons (Fsp3) is 0.0769. The molecule has 4 rings (SSSR count). The number of nitrogens with one attached hydrogen (secondary N) is 1. The first kappa shape index (κ1) is 18.6. The quantitative estimate of drug-likeness (QED) is 0.372. The Morgan fingerprint density at radius 2 is 1.38 bits per heavy atom.